The van der Waals surface area contributed by atoms with Gasteiger partial charge in [0.25, 0.3) is 0 Å². The number of aliphatic hydroxyl groups is 1. The van der Waals surface area contributed by atoms with Crippen LogP contribution in [0.3, 0.4) is 0 Å². The topological polar surface area (TPSA) is 49.8 Å². The number of carbonyl (C=O) groups excluding carboxylic acids is 1. The number of likely N-dealkylation sites (N-methyl/N-ethyl adjacent to an activating group) is 1. The van der Waals surface area contributed by atoms with Crippen LogP contribution in [0.4, 0.5) is 0 Å². The van der Waals surface area contributed by atoms with E-state index in [2.05, 4.69) is 0 Å². The lowest BCUT2D eigenvalue weighted by molar-refractivity contribution is -0.158. The molecule has 4 nitrogen and oxygen atoms in total. The largest absolute Gasteiger partial charge is 0.465 e. The summed E-state index contributed by atoms with van der Waals surface area (Å²) in [6.45, 7) is 4.98. The molecule has 2 atom stereocenters. The number of β-amino-alcohol motifs (C(OH)–C–C–N with tert-alkyl or cyclic N) is 1. The van der Waals surface area contributed by atoms with Crippen molar-refractivity contribution in [2.45, 2.75) is 20.0 Å². The summed E-state index contributed by atoms with van der Waals surface area (Å²) in [5, 5.41) is 9.67. The molecule has 0 amide bonds. The molecule has 1 fully saturated rings. The molecule has 0 aliphatic carbocycles. The first-order chi connectivity index (χ1) is 6.00. The van der Waals surface area contributed by atoms with Gasteiger partial charge >= 0.3 is 5.97 Å². The molecule has 1 N–H and O–H groups in total. The minimum atomic E-state index is -0.745. The number of hydrogen-bond donors (Lipinski definition) is 1. The first-order valence-electron chi connectivity index (χ1n) is 4.54. The lowest BCUT2D eigenvalue weighted by atomic mass is 9.87. The average molecular weight is 187 g/mol. The third-order valence-corrected chi connectivity index (χ3v) is 2.56. The van der Waals surface area contributed by atoms with Gasteiger partial charge in [0.1, 0.15) is 5.41 Å². The Bertz CT molecular complexity index is 207. The third-order valence-electron chi connectivity index (χ3n) is 2.56. The number of aliphatic hydroxyl groups excluding tert-OH is 1. The van der Waals surface area contributed by atoms with Gasteiger partial charge < -0.3 is 14.7 Å². The van der Waals surface area contributed by atoms with E-state index in [9.17, 15) is 9.90 Å². The number of hydrogen-bond acceptors (Lipinski definition) is 4. The van der Waals surface area contributed by atoms with Crippen LogP contribution in [0.5, 0.6) is 0 Å². The Hall–Kier alpha value is -0.610. The maximum atomic E-state index is 11.5. The summed E-state index contributed by atoms with van der Waals surface area (Å²) in [4.78, 5) is 13.4. The van der Waals surface area contributed by atoms with Crippen LogP contribution in [-0.2, 0) is 9.53 Å². The van der Waals surface area contributed by atoms with E-state index in [4.69, 9.17) is 4.74 Å². The van der Waals surface area contributed by atoms with Crippen LogP contribution in [0.2, 0.25) is 0 Å². The van der Waals surface area contributed by atoms with Crippen molar-refractivity contribution in [1.29, 1.82) is 0 Å². The van der Waals surface area contributed by atoms with Crippen LogP contribution in [0.15, 0.2) is 0 Å². The molecule has 0 aromatic heterocycles. The second-order valence-corrected chi connectivity index (χ2v) is 3.85. The highest BCUT2D eigenvalue weighted by atomic mass is 16.5. The fourth-order valence-corrected chi connectivity index (χ4v) is 1.72. The molecule has 0 spiro atoms. The van der Waals surface area contributed by atoms with Crippen molar-refractivity contribution >= 4 is 5.97 Å². The first kappa shape index (κ1) is 10.5. The Labute approximate surface area is 78.5 Å². The molecule has 1 saturated heterocycles. The minimum absolute atomic E-state index is 0.299. The van der Waals surface area contributed by atoms with Crippen LogP contribution >= 0.6 is 0 Å². The van der Waals surface area contributed by atoms with Crippen LogP contribution in [-0.4, -0.2) is 48.8 Å². The van der Waals surface area contributed by atoms with Crippen LogP contribution in [0, 0.1) is 5.41 Å². The molecule has 0 saturated carbocycles. The highest BCUT2D eigenvalue weighted by molar-refractivity contribution is 5.78. The number of nitrogens with zero attached hydrogens (tertiary/aromatic N) is 1. The monoisotopic (exact) mass is 187 g/mol. The van der Waals surface area contributed by atoms with Gasteiger partial charge in [-0.15, -0.1) is 0 Å². The maximum Gasteiger partial charge on any atom is 0.315 e. The van der Waals surface area contributed by atoms with Crippen molar-refractivity contribution in [2.75, 3.05) is 26.7 Å². The molecule has 1 aliphatic heterocycles. The molecule has 0 bridgehead atoms. The molecular weight excluding hydrogens is 170 g/mol. The summed E-state index contributed by atoms with van der Waals surface area (Å²) in [5.74, 6) is -0.299. The SMILES string of the molecule is CCOC(=O)C1(C)CN(C)CC1O. The second kappa shape index (κ2) is 3.64. The zero-order valence-corrected chi connectivity index (χ0v) is 8.41. The molecule has 4 heteroatoms. The van der Waals surface area contributed by atoms with Gasteiger partial charge in [0.15, 0.2) is 0 Å². The van der Waals surface area contributed by atoms with Gasteiger partial charge in [0, 0.05) is 13.1 Å². The molecule has 0 aromatic rings. The van der Waals surface area contributed by atoms with Crippen molar-refractivity contribution in [2.24, 2.45) is 5.41 Å². The molecular formula is C9H17NO3. The van der Waals surface area contributed by atoms with Gasteiger partial charge in [-0.3, -0.25) is 4.79 Å². The van der Waals surface area contributed by atoms with Crippen molar-refractivity contribution in [3.63, 3.8) is 0 Å². The number of rotatable bonds is 2. The van der Waals surface area contributed by atoms with E-state index < -0.39 is 11.5 Å². The lowest BCUT2D eigenvalue weighted by Crippen LogP contribution is -2.40. The quantitative estimate of drug-likeness (QED) is 0.611. The first-order valence-corrected chi connectivity index (χ1v) is 4.54. The Kier molecular flexibility index (Phi) is 2.93. The van der Waals surface area contributed by atoms with E-state index in [-0.39, 0.29) is 5.97 Å². The predicted molar refractivity (Wildman–Crippen MR) is 48.2 cm³/mol. The van der Waals surface area contributed by atoms with Crippen molar-refractivity contribution in [3.8, 4) is 0 Å². The zero-order chi connectivity index (χ0) is 10.1. The van der Waals surface area contributed by atoms with Gasteiger partial charge in [-0.25, -0.2) is 0 Å². The Balaban J connectivity index is 2.69. The summed E-state index contributed by atoms with van der Waals surface area (Å²) in [7, 11) is 1.88. The van der Waals surface area contributed by atoms with E-state index in [1.54, 1.807) is 13.8 Å². The molecule has 1 aliphatic rings. The standard InChI is InChI=1S/C9H17NO3/c1-4-13-8(12)9(2)6-10(3)5-7(9)11/h7,11H,4-6H2,1-3H3. The lowest BCUT2D eigenvalue weighted by Gasteiger charge is -2.24. The van der Waals surface area contributed by atoms with Crippen molar-refractivity contribution in [3.05, 3.63) is 0 Å². The highest BCUT2D eigenvalue weighted by Gasteiger charge is 2.47. The Morgan fingerprint density at radius 2 is 2.38 bits per heavy atom. The number of carbonyl (C=O) groups is 1. The second-order valence-electron chi connectivity index (χ2n) is 3.85. The minimum Gasteiger partial charge on any atom is -0.465 e. The van der Waals surface area contributed by atoms with Crippen molar-refractivity contribution < 1.29 is 14.6 Å². The predicted octanol–water partition coefficient (Wildman–Crippen LogP) is -0.138. The summed E-state index contributed by atoms with van der Waals surface area (Å²) < 4.78 is 4.92. The maximum absolute atomic E-state index is 11.5. The summed E-state index contributed by atoms with van der Waals surface area (Å²) in [6, 6.07) is 0. The fourth-order valence-electron chi connectivity index (χ4n) is 1.72. The molecule has 2 unspecified atom stereocenters. The molecule has 1 heterocycles. The smallest absolute Gasteiger partial charge is 0.315 e. The summed E-state index contributed by atoms with van der Waals surface area (Å²) >= 11 is 0. The normalized spacial score (nSPS) is 34.9. The number of likely N-dealkylation sites (tertiary alicyclic amines) is 1. The number of esters is 1. The van der Waals surface area contributed by atoms with Crippen LogP contribution < -0.4 is 0 Å². The highest BCUT2D eigenvalue weighted by Crippen LogP contribution is 2.30. The van der Waals surface area contributed by atoms with Gasteiger partial charge in [-0.2, -0.15) is 0 Å². The Morgan fingerprint density at radius 1 is 1.77 bits per heavy atom. The molecule has 13 heavy (non-hydrogen) atoms. The van der Waals surface area contributed by atoms with Gasteiger partial charge in [-0.05, 0) is 20.9 Å². The van der Waals surface area contributed by atoms with Gasteiger partial charge in [0.05, 0.1) is 12.7 Å². The van der Waals surface area contributed by atoms with E-state index in [0.29, 0.717) is 19.7 Å². The molecule has 0 radical (unpaired) electrons. The average Bonchev–Trinajstić information content (AvgIpc) is 2.28. The van der Waals surface area contributed by atoms with Gasteiger partial charge in [-0.1, -0.05) is 0 Å². The third kappa shape index (κ3) is 1.84. The number of ether oxygens (including phenoxy) is 1. The fraction of sp³-hybridized carbons (Fsp3) is 0.889. The summed E-state index contributed by atoms with van der Waals surface area (Å²) in [5.41, 5.74) is -0.745. The summed E-state index contributed by atoms with van der Waals surface area (Å²) in [6.07, 6.45) is -0.614. The van der Waals surface area contributed by atoms with Gasteiger partial charge in [0.2, 0.25) is 0 Å². The molecule has 0 aromatic carbocycles. The zero-order valence-electron chi connectivity index (χ0n) is 8.41. The van der Waals surface area contributed by atoms with E-state index in [0.717, 1.165) is 0 Å². The van der Waals surface area contributed by atoms with E-state index >= 15 is 0 Å². The molecule has 76 valence electrons. The van der Waals surface area contributed by atoms with Crippen molar-refractivity contribution in [1.82, 2.24) is 4.90 Å². The Morgan fingerprint density at radius 3 is 2.77 bits per heavy atom. The van der Waals surface area contributed by atoms with E-state index in [1.165, 1.54) is 0 Å². The molecule has 1 rings (SSSR count). The van der Waals surface area contributed by atoms with E-state index in [1.807, 2.05) is 11.9 Å². The van der Waals surface area contributed by atoms with Crippen LogP contribution in [0.1, 0.15) is 13.8 Å². The van der Waals surface area contributed by atoms with Crippen LogP contribution in [0.25, 0.3) is 0 Å².